The molecule has 6 rings (SSSR count). The number of carbonyl (C=O) groups excluding carboxylic acids is 12. The van der Waals surface area contributed by atoms with E-state index in [0.717, 1.165) is 49.8 Å². The van der Waals surface area contributed by atoms with Gasteiger partial charge in [-0.15, -0.1) is 0 Å². The Morgan fingerprint density at radius 2 is 1.43 bits per heavy atom. The first-order valence-electron chi connectivity index (χ1n) is 38.4. The normalized spacial score (nSPS) is 25.2. The summed E-state index contributed by atoms with van der Waals surface area (Å²) in [5.41, 5.74) is -2.15. The second-order valence-electron chi connectivity index (χ2n) is 32.2. The van der Waals surface area contributed by atoms with Gasteiger partial charge in [0.05, 0.1) is 37.6 Å². The number of rotatable bonds is 34. The molecule has 29 heteroatoms. The zero-order valence-corrected chi connectivity index (χ0v) is 65.6. The molecular weight excluding hydrogens is 1360 g/mol. The SMILES string of the molecule is CCO[C@@H]1C[C@@H](C(=O)NC2(C(=O)N(C)[C@H](C(=O)N(C)[C@@H](CC(=O)N(C)[C@@H](C)C(=O)NC[C@@H](C)CC)C(=O)N(C)CC)C3CCCC3)CC(C)(C)C2)N(C(=O)[C@H](CCC2CCC(C(F)(F)F)C(OC)C2)NC(=O)CN(C)C(=O)[C@H](CC2CCC(C)CC2)N2CC/C=C\C[C@H](N(C)C(=O)CN(C)C=O)C2=O)C1. The number of ether oxygens (including phenoxy) is 2. The van der Waals surface area contributed by atoms with Gasteiger partial charge in [0.1, 0.15) is 47.8 Å². The molecule has 12 amide bonds. The average molecular weight is 1490 g/mol. The van der Waals surface area contributed by atoms with E-state index in [-0.39, 0.29) is 127 Å². The summed E-state index contributed by atoms with van der Waals surface area (Å²) >= 11 is 0. The highest BCUT2D eigenvalue weighted by atomic mass is 19.4. The summed E-state index contributed by atoms with van der Waals surface area (Å²) in [7, 11) is 11.6. The summed E-state index contributed by atoms with van der Waals surface area (Å²) in [5, 5.41) is 8.85. The van der Waals surface area contributed by atoms with Gasteiger partial charge < -0.3 is 69.5 Å². The minimum absolute atomic E-state index is 0.0108. The van der Waals surface area contributed by atoms with Crippen molar-refractivity contribution in [1.82, 2.24) is 60.0 Å². The number of nitrogens with zero attached hydrogens (tertiary/aromatic N) is 9. The van der Waals surface area contributed by atoms with Crippen LogP contribution < -0.4 is 16.0 Å². The molecule has 105 heavy (non-hydrogen) atoms. The van der Waals surface area contributed by atoms with E-state index in [1.165, 1.54) is 88.6 Å². The number of amides is 12. The molecule has 3 unspecified atom stereocenters. The summed E-state index contributed by atoms with van der Waals surface area (Å²) in [5.74, 6) is -8.17. The van der Waals surface area contributed by atoms with E-state index in [0.29, 0.717) is 38.1 Å². The molecule has 12 atom stereocenters. The molecule has 0 aromatic rings. The van der Waals surface area contributed by atoms with Gasteiger partial charge in [0.15, 0.2) is 0 Å². The first kappa shape index (κ1) is 87.0. The Balaban J connectivity index is 1.31. The second kappa shape index (κ2) is 38.8. The third-order valence-corrected chi connectivity index (χ3v) is 23.7. The van der Waals surface area contributed by atoms with Crippen molar-refractivity contribution >= 4 is 71.4 Å². The van der Waals surface area contributed by atoms with E-state index in [4.69, 9.17) is 9.47 Å². The molecule has 3 N–H and O–H groups in total. The first-order chi connectivity index (χ1) is 49.4. The number of hydrogen-bond donors (Lipinski definition) is 3. The summed E-state index contributed by atoms with van der Waals surface area (Å²) in [6, 6.07) is -8.24. The molecule has 1 saturated heterocycles. The summed E-state index contributed by atoms with van der Waals surface area (Å²) in [6.45, 7) is 15.1. The van der Waals surface area contributed by atoms with Gasteiger partial charge in [-0.2, -0.15) is 13.2 Å². The van der Waals surface area contributed by atoms with Crippen LogP contribution in [0.3, 0.4) is 0 Å². The molecule has 6 aliphatic rings. The number of halogens is 3. The predicted molar refractivity (Wildman–Crippen MR) is 388 cm³/mol. The summed E-state index contributed by atoms with van der Waals surface area (Å²) in [6.07, 6.45) is 5.15. The van der Waals surface area contributed by atoms with Gasteiger partial charge in [-0.1, -0.05) is 91.7 Å². The first-order valence-corrected chi connectivity index (χ1v) is 38.4. The van der Waals surface area contributed by atoms with Crippen LogP contribution in [0.25, 0.3) is 0 Å². The molecule has 26 nitrogen and oxygen atoms in total. The maximum absolute atomic E-state index is 15.8. The van der Waals surface area contributed by atoms with Crippen LogP contribution in [0.5, 0.6) is 0 Å². The van der Waals surface area contributed by atoms with Crippen LogP contribution in [-0.4, -0.2) is 284 Å². The Kier molecular flexibility index (Phi) is 32.1. The van der Waals surface area contributed by atoms with E-state index in [2.05, 4.69) is 22.9 Å². The summed E-state index contributed by atoms with van der Waals surface area (Å²) < 4.78 is 54.5. The highest BCUT2D eigenvalue weighted by Gasteiger charge is 2.59. The Morgan fingerprint density at radius 1 is 0.781 bits per heavy atom. The second-order valence-corrected chi connectivity index (χ2v) is 32.2. The molecule has 594 valence electrons. The number of likely N-dealkylation sites (tertiary alicyclic amines) is 1. The zero-order chi connectivity index (χ0) is 78.2. The number of nitrogens with one attached hydrogen (secondary N) is 3. The molecule has 0 aromatic carbocycles. The highest BCUT2D eigenvalue weighted by Crippen LogP contribution is 2.50. The van der Waals surface area contributed by atoms with E-state index in [1.54, 1.807) is 27.8 Å². The number of carbonyl (C=O) groups is 12. The minimum Gasteiger partial charge on any atom is -0.381 e. The number of methoxy groups -OCH3 is 1. The standard InChI is InChI=1S/C76H125F3N12O14/c1-17-48(4)41-80-66(96)50(6)86(12)63(94)40-59(69(99)84(10)18-2)88(14)72(102)65(53-25-22-23-26-53)89(15)73(103)75(45-74(7,8)46-75)82-67(97)58-39-54(105-19-3)42-91(58)68(98)56(35-33-52-32-34-55(76(77,78)79)61(38-52)104-16)81-62(93)43-85(11)70(100)60(37-51-30-28-49(5)29-31-51)90-36-24-20-21-27-57(71(90)101)87(13)64(95)44-83(9)47-92/h20-21,47-61,65H,17-19,22-46H2,1-16H3,(H,80,96)(H,81,93)(H,82,97)/b21-20-/t48-,49?,50-,51?,52?,54+,55?,56-,57-,58-,59-,60-,61?,65-/m0/s1. The molecule has 4 saturated carbocycles. The van der Waals surface area contributed by atoms with Gasteiger partial charge in [0.25, 0.3) is 0 Å². The highest BCUT2D eigenvalue weighted by molar-refractivity contribution is 6.01. The third kappa shape index (κ3) is 22.6. The fourth-order valence-electron chi connectivity index (χ4n) is 16.8. The van der Waals surface area contributed by atoms with Crippen molar-refractivity contribution in [3.05, 3.63) is 12.2 Å². The smallest absolute Gasteiger partial charge is 0.381 e. The molecule has 2 aliphatic heterocycles. The Morgan fingerprint density at radius 3 is 2.02 bits per heavy atom. The van der Waals surface area contributed by atoms with Crippen molar-refractivity contribution in [3.63, 3.8) is 0 Å². The largest absolute Gasteiger partial charge is 0.394 e. The van der Waals surface area contributed by atoms with Crippen molar-refractivity contribution < 1.29 is 80.2 Å². The van der Waals surface area contributed by atoms with E-state index in [9.17, 15) is 46.7 Å². The zero-order valence-electron chi connectivity index (χ0n) is 65.6. The molecule has 0 bridgehead atoms. The van der Waals surface area contributed by atoms with E-state index >= 15 is 24.0 Å². The van der Waals surface area contributed by atoms with E-state index in [1.807, 2.05) is 39.8 Å². The van der Waals surface area contributed by atoms with Gasteiger partial charge in [-0.3, -0.25) is 57.5 Å². The maximum atomic E-state index is 15.8. The van der Waals surface area contributed by atoms with Crippen molar-refractivity contribution in [2.75, 3.05) is 102 Å². The number of likely N-dealkylation sites (N-methyl/N-ethyl adjacent to an activating group) is 7. The van der Waals surface area contributed by atoms with Crippen molar-refractivity contribution in [2.45, 2.75) is 256 Å². The Labute approximate surface area is 621 Å². The molecule has 0 spiro atoms. The van der Waals surface area contributed by atoms with Crippen LogP contribution in [0.2, 0.25) is 0 Å². The van der Waals surface area contributed by atoms with Crippen LogP contribution in [0.1, 0.15) is 190 Å². The van der Waals surface area contributed by atoms with Gasteiger partial charge in [0.2, 0.25) is 71.4 Å². The third-order valence-electron chi connectivity index (χ3n) is 23.7. The van der Waals surface area contributed by atoms with Gasteiger partial charge in [-0.05, 0) is 133 Å². The molecule has 0 radical (unpaired) electrons. The average Bonchev–Trinajstić information content (AvgIpc) is 1.16. The molecule has 0 aromatic heterocycles. The number of hydrogen-bond acceptors (Lipinski definition) is 14. The monoisotopic (exact) mass is 1490 g/mol. The van der Waals surface area contributed by atoms with Crippen LogP contribution in [0, 0.1) is 40.9 Å². The fourth-order valence-corrected chi connectivity index (χ4v) is 16.8. The molecule has 5 fully saturated rings. The lowest BCUT2D eigenvalue weighted by molar-refractivity contribution is -0.215. The minimum atomic E-state index is -4.52. The molecule has 2 heterocycles. The Hall–Kier alpha value is -6.91. The van der Waals surface area contributed by atoms with Crippen molar-refractivity contribution in [1.29, 1.82) is 0 Å². The van der Waals surface area contributed by atoms with Crippen LogP contribution in [0.15, 0.2) is 12.2 Å². The van der Waals surface area contributed by atoms with Gasteiger partial charge in [-0.25, -0.2) is 0 Å². The Bertz CT molecular complexity index is 3040. The van der Waals surface area contributed by atoms with Crippen LogP contribution >= 0.6 is 0 Å². The fraction of sp³-hybridized carbons (Fsp3) is 0.816. The predicted octanol–water partition coefficient (Wildman–Crippen LogP) is 5.79. The maximum Gasteiger partial charge on any atom is 0.394 e. The summed E-state index contributed by atoms with van der Waals surface area (Å²) in [4.78, 5) is 186. The van der Waals surface area contributed by atoms with Crippen molar-refractivity contribution in [3.8, 4) is 0 Å². The number of alkyl halides is 3. The van der Waals surface area contributed by atoms with Crippen LogP contribution in [0.4, 0.5) is 13.2 Å². The lowest BCUT2D eigenvalue weighted by atomic mass is 9.58. The van der Waals surface area contributed by atoms with Crippen molar-refractivity contribution in [2.24, 2.45) is 40.9 Å². The topological polar surface area (TPSA) is 289 Å². The van der Waals surface area contributed by atoms with E-state index < -0.39 is 150 Å². The molecule has 4 aliphatic carbocycles. The quantitative estimate of drug-likeness (QED) is 0.0508. The lowest BCUT2D eigenvalue weighted by Crippen LogP contribution is -2.71. The lowest BCUT2D eigenvalue weighted by Gasteiger charge is -2.54. The van der Waals surface area contributed by atoms with Gasteiger partial charge >= 0.3 is 6.18 Å². The molecular formula is C76H125F3N12O14. The van der Waals surface area contributed by atoms with Gasteiger partial charge in [0, 0.05) is 95.7 Å². The van der Waals surface area contributed by atoms with Crippen LogP contribution in [-0.2, 0) is 67.0 Å².